The van der Waals surface area contributed by atoms with Crippen molar-refractivity contribution >= 4 is 17.6 Å². The van der Waals surface area contributed by atoms with Gasteiger partial charge in [-0.05, 0) is 31.0 Å². The Morgan fingerprint density at radius 3 is 3.05 bits per heavy atom. The van der Waals surface area contributed by atoms with Gasteiger partial charge in [-0.15, -0.1) is 0 Å². The standard InChI is InChI=1S/C15H22ClN3O/c1-3-17-15(18-7-8-20-2)19-14-10-13(14)11-5-4-6-12(16)9-11/h4-6,9,13-14H,3,7-8,10H2,1-2H3,(H2,17,18,19). The van der Waals surface area contributed by atoms with E-state index in [9.17, 15) is 0 Å². The lowest BCUT2D eigenvalue weighted by Gasteiger charge is -2.11. The van der Waals surface area contributed by atoms with Gasteiger partial charge < -0.3 is 15.4 Å². The fraction of sp³-hybridized carbons (Fsp3) is 0.533. The van der Waals surface area contributed by atoms with Crippen molar-refractivity contribution in [1.82, 2.24) is 10.6 Å². The van der Waals surface area contributed by atoms with Crippen molar-refractivity contribution in [3.8, 4) is 0 Å². The summed E-state index contributed by atoms with van der Waals surface area (Å²) in [6.07, 6.45) is 1.12. The molecule has 2 unspecified atom stereocenters. The van der Waals surface area contributed by atoms with Crippen molar-refractivity contribution in [2.24, 2.45) is 4.99 Å². The van der Waals surface area contributed by atoms with Crippen LogP contribution in [0.5, 0.6) is 0 Å². The van der Waals surface area contributed by atoms with Gasteiger partial charge in [0.2, 0.25) is 0 Å². The van der Waals surface area contributed by atoms with Crippen molar-refractivity contribution in [1.29, 1.82) is 0 Å². The van der Waals surface area contributed by atoms with Gasteiger partial charge in [0.25, 0.3) is 0 Å². The van der Waals surface area contributed by atoms with Gasteiger partial charge in [-0.1, -0.05) is 23.7 Å². The van der Waals surface area contributed by atoms with Gasteiger partial charge in [0.05, 0.1) is 13.2 Å². The number of guanidine groups is 1. The van der Waals surface area contributed by atoms with E-state index < -0.39 is 0 Å². The quantitative estimate of drug-likeness (QED) is 0.481. The van der Waals surface area contributed by atoms with Crippen LogP contribution in [0.2, 0.25) is 5.02 Å². The van der Waals surface area contributed by atoms with Gasteiger partial charge in [0, 0.05) is 30.6 Å². The highest BCUT2D eigenvalue weighted by molar-refractivity contribution is 6.30. The van der Waals surface area contributed by atoms with Gasteiger partial charge in [0.1, 0.15) is 0 Å². The number of nitrogens with one attached hydrogen (secondary N) is 2. The van der Waals surface area contributed by atoms with Crippen LogP contribution in [0.3, 0.4) is 0 Å². The zero-order chi connectivity index (χ0) is 14.4. The predicted octanol–water partition coefficient (Wildman–Crippen LogP) is 2.40. The van der Waals surface area contributed by atoms with Crippen molar-refractivity contribution in [3.63, 3.8) is 0 Å². The maximum absolute atomic E-state index is 6.03. The van der Waals surface area contributed by atoms with Gasteiger partial charge in [-0.2, -0.15) is 0 Å². The first kappa shape index (κ1) is 15.1. The zero-order valence-electron chi connectivity index (χ0n) is 12.0. The molecule has 1 aromatic rings. The molecule has 110 valence electrons. The third-order valence-electron chi connectivity index (χ3n) is 3.30. The number of ether oxygens (including phenoxy) is 1. The molecule has 2 rings (SSSR count). The number of rotatable bonds is 6. The fourth-order valence-corrected chi connectivity index (χ4v) is 2.40. The molecule has 0 amide bonds. The maximum Gasteiger partial charge on any atom is 0.191 e. The van der Waals surface area contributed by atoms with Crippen LogP contribution in [-0.4, -0.2) is 38.8 Å². The molecule has 4 nitrogen and oxygen atoms in total. The van der Waals surface area contributed by atoms with E-state index >= 15 is 0 Å². The molecular formula is C15H22ClN3O. The van der Waals surface area contributed by atoms with Gasteiger partial charge in [-0.3, -0.25) is 4.99 Å². The van der Waals surface area contributed by atoms with E-state index in [-0.39, 0.29) is 0 Å². The van der Waals surface area contributed by atoms with Crippen molar-refractivity contribution < 1.29 is 4.74 Å². The summed E-state index contributed by atoms with van der Waals surface area (Å²) in [5.74, 6) is 1.39. The van der Waals surface area contributed by atoms with Gasteiger partial charge in [-0.25, -0.2) is 0 Å². The number of halogens is 1. The molecule has 20 heavy (non-hydrogen) atoms. The Morgan fingerprint density at radius 1 is 1.50 bits per heavy atom. The topological polar surface area (TPSA) is 45.7 Å². The highest BCUT2D eigenvalue weighted by Gasteiger charge is 2.39. The van der Waals surface area contributed by atoms with Crippen molar-refractivity contribution in [3.05, 3.63) is 34.9 Å². The van der Waals surface area contributed by atoms with E-state index in [1.54, 1.807) is 7.11 Å². The summed E-state index contributed by atoms with van der Waals surface area (Å²) in [5.41, 5.74) is 1.29. The lowest BCUT2D eigenvalue weighted by molar-refractivity contribution is 0.208. The highest BCUT2D eigenvalue weighted by Crippen LogP contribution is 2.41. The summed E-state index contributed by atoms with van der Waals surface area (Å²) >= 11 is 6.03. The number of hydrogen-bond donors (Lipinski definition) is 2. The molecule has 0 bridgehead atoms. The van der Waals surface area contributed by atoms with Crippen LogP contribution < -0.4 is 10.6 Å². The van der Waals surface area contributed by atoms with Gasteiger partial charge >= 0.3 is 0 Å². The number of benzene rings is 1. The van der Waals surface area contributed by atoms with E-state index in [2.05, 4.69) is 28.6 Å². The second kappa shape index (κ2) is 7.50. The van der Waals surface area contributed by atoms with Gasteiger partial charge in [0.15, 0.2) is 5.96 Å². The normalized spacial score (nSPS) is 21.6. The number of aliphatic imine (C=N–C) groups is 1. The Kier molecular flexibility index (Phi) is 5.68. The number of nitrogens with zero attached hydrogens (tertiary/aromatic N) is 1. The Labute approximate surface area is 125 Å². The SMILES string of the molecule is CCNC(=NCCOC)NC1CC1c1cccc(Cl)c1. The van der Waals surface area contributed by atoms with E-state index in [0.29, 0.717) is 25.1 Å². The molecule has 1 saturated carbocycles. The Balaban J connectivity index is 1.88. The molecule has 0 aromatic heterocycles. The number of hydrogen-bond acceptors (Lipinski definition) is 2. The third kappa shape index (κ3) is 4.39. The monoisotopic (exact) mass is 295 g/mol. The summed E-state index contributed by atoms with van der Waals surface area (Å²) in [6.45, 7) is 4.22. The molecule has 1 aliphatic rings. The first-order valence-corrected chi connectivity index (χ1v) is 7.41. The van der Waals surface area contributed by atoms with Crippen LogP contribution in [0.15, 0.2) is 29.3 Å². The zero-order valence-corrected chi connectivity index (χ0v) is 12.8. The van der Waals surface area contributed by atoms with E-state index in [0.717, 1.165) is 23.9 Å². The molecule has 1 aromatic carbocycles. The Morgan fingerprint density at radius 2 is 2.35 bits per heavy atom. The first-order chi connectivity index (χ1) is 9.74. The molecule has 0 spiro atoms. The van der Waals surface area contributed by atoms with Crippen molar-refractivity contribution in [2.45, 2.75) is 25.3 Å². The maximum atomic E-state index is 6.03. The van der Waals surface area contributed by atoms with Crippen LogP contribution in [-0.2, 0) is 4.74 Å². The largest absolute Gasteiger partial charge is 0.383 e. The minimum Gasteiger partial charge on any atom is -0.383 e. The van der Waals surface area contributed by atoms with E-state index in [1.807, 2.05) is 18.2 Å². The molecule has 2 N–H and O–H groups in total. The Hall–Kier alpha value is -1.26. The molecule has 0 radical (unpaired) electrons. The predicted molar refractivity (Wildman–Crippen MR) is 83.6 cm³/mol. The van der Waals surface area contributed by atoms with Crippen LogP contribution in [0.1, 0.15) is 24.8 Å². The molecule has 0 heterocycles. The molecule has 1 aliphatic carbocycles. The molecule has 1 fully saturated rings. The summed E-state index contributed by atoms with van der Waals surface area (Å²) in [4.78, 5) is 4.47. The van der Waals surface area contributed by atoms with Crippen LogP contribution in [0.4, 0.5) is 0 Å². The van der Waals surface area contributed by atoms with Crippen LogP contribution in [0, 0.1) is 0 Å². The molecule has 2 atom stereocenters. The molecular weight excluding hydrogens is 274 g/mol. The molecule has 0 saturated heterocycles. The lowest BCUT2D eigenvalue weighted by Crippen LogP contribution is -2.39. The molecule has 5 heteroatoms. The summed E-state index contributed by atoms with van der Waals surface area (Å²) in [6, 6.07) is 8.53. The summed E-state index contributed by atoms with van der Waals surface area (Å²) < 4.78 is 5.02. The van der Waals surface area contributed by atoms with E-state index in [4.69, 9.17) is 16.3 Å². The minimum atomic E-state index is 0.439. The minimum absolute atomic E-state index is 0.439. The average molecular weight is 296 g/mol. The summed E-state index contributed by atoms with van der Waals surface area (Å²) in [7, 11) is 1.69. The first-order valence-electron chi connectivity index (χ1n) is 7.03. The summed E-state index contributed by atoms with van der Waals surface area (Å²) in [5, 5.41) is 7.51. The van der Waals surface area contributed by atoms with E-state index in [1.165, 1.54) is 5.56 Å². The third-order valence-corrected chi connectivity index (χ3v) is 3.53. The molecule has 0 aliphatic heterocycles. The second-order valence-electron chi connectivity index (χ2n) is 4.90. The highest BCUT2D eigenvalue weighted by atomic mass is 35.5. The lowest BCUT2D eigenvalue weighted by atomic mass is 10.1. The number of methoxy groups -OCH3 is 1. The second-order valence-corrected chi connectivity index (χ2v) is 5.34. The fourth-order valence-electron chi connectivity index (χ4n) is 2.20. The Bertz CT molecular complexity index is 464. The average Bonchev–Trinajstić information content (AvgIpc) is 3.18. The van der Waals surface area contributed by atoms with Crippen LogP contribution in [0.25, 0.3) is 0 Å². The van der Waals surface area contributed by atoms with Crippen molar-refractivity contribution in [2.75, 3.05) is 26.8 Å². The van der Waals surface area contributed by atoms with Crippen LogP contribution >= 0.6 is 11.6 Å². The smallest absolute Gasteiger partial charge is 0.191 e.